The molecule has 0 bridgehead atoms. The zero-order valence-electron chi connectivity index (χ0n) is 15.6. The molecular weight excluding hydrogens is 331 g/mol. The smallest absolute Gasteiger partial charge is 0.317 e. The molecular formula is C20H29FN4O. The Kier molecular flexibility index (Phi) is 6.50. The fourth-order valence-corrected chi connectivity index (χ4v) is 3.68. The summed E-state index contributed by atoms with van der Waals surface area (Å²) in [5.41, 5.74) is 1.89. The molecule has 1 aromatic heterocycles. The maximum absolute atomic E-state index is 13.2. The maximum atomic E-state index is 13.2. The molecule has 1 saturated heterocycles. The van der Waals surface area contributed by atoms with Crippen LogP contribution in [0, 0.1) is 5.82 Å². The van der Waals surface area contributed by atoms with Gasteiger partial charge in [0.15, 0.2) is 0 Å². The van der Waals surface area contributed by atoms with Crippen molar-refractivity contribution in [3.05, 3.63) is 35.8 Å². The number of amides is 2. The number of urea groups is 1. The third kappa shape index (κ3) is 4.75. The van der Waals surface area contributed by atoms with E-state index in [2.05, 4.69) is 15.2 Å². The van der Waals surface area contributed by atoms with Gasteiger partial charge in [-0.15, -0.1) is 0 Å². The van der Waals surface area contributed by atoms with Gasteiger partial charge in [-0.2, -0.15) is 0 Å². The number of carbonyl (C=O) groups excluding carboxylic acids is 1. The second kappa shape index (κ2) is 9.03. The van der Waals surface area contributed by atoms with Gasteiger partial charge in [-0.3, -0.25) is 0 Å². The van der Waals surface area contributed by atoms with Crippen molar-refractivity contribution in [3.8, 4) is 0 Å². The van der Waals surface area contributed by atoms with Crippen LogP contribution in [0.25, 0.3) is 10.9 Å². The molecule has 0 radical (unpaired) electrons. The Morgan fingerprint density at radius 2 is 2.15 bits per heavy atom. The Bertz CT molecular complexity index is 724. The maximum Gasteiger partial charge on any atom is 0.317 e. The summed E-state index contributed by atoms with van der Waals surface area (Å²) in [7, 11) is 0. The number of benzene rings is 1. The van der Waals surface area contributed by atoms with Gasteiger partial charge in [0.05, 0.1) is 0 Å². The summed E-state index contributed by atoms with van der Waals surface area (Å²) in [6.45, 7) is 7.59. The van der Waals surface area contributed by atoms with Gasteiger partial charge in [-0.25, -0.2) is 9.18 Å². The van der Waals surface area contributed by atoms with Crippen molar-refractivity contribution in [2.75, 3.05) is 39.3 Å². The molecule has 2 heterocycles. The van der Waals surface area contributed by atoms with E-state index in [4.69, 9.17) is 0 Å². The summed E-state index contributed by atoms with van der Waals surface area (Å²) in [6, 6.07) is 4.75. The van der Waals surface area contributed by atoms with Gasteiger partial charge in [-0.05, 0) is 76.0 Å². The number of nitrogens with one attached hydrogen (secondary N) is 2. The number of aromatic nitrogens is 1. The molecule has 1 aliphatic rings. The van der Waals surface area contributed by atoms with Crippen molar-refractivity contribution >= 4 is 16.9 Å². The van der Waals surface area contributed by atoms with E-state index in [1.807, 2.05) is 18.0 Å². The van der Waals surface area contributed by atoms with Crippen LogP contribution in [0.2, 0.25) is 0 Å². The number of fused-ring (bicyclic) bond motifs is 1. The van der Waals surface area contributed by atoms with Crippen LogP contribution in [0.15, 0.2) is 24.4 Å². The molecule has 2 N–H and O–H groups in total. The largest absolute Gasteiger partial charge is 0.361 e. The van der Waals surface area contributed by atoms with E-state index in [0.717, 1.165) is 48.9 Å². The first-order valence-electron chi connectivity index (χ1n) is 9.68. The third-order valence-corrected chi connectivity index (χ3v) is 5.17. The first-order valence-corrected chi connectivity index (χ1v) is 9.68. The molecule has 0 spiro atoms. The molecule has 0 saturated carbocycles. The fraction of sp³-hybridized carbons (Fsp3) is 0.550. The van der Waals surface area contributed by atoms with Crippen molar-refractivity contribution < 1.29 is 9.18 Å². The van der Waals surface area contributed by atoms with Gasteiger partial charge in [0.2, 0.25) is 0 Å². The minimum Gasteiger partial charge on any atom is -0.361 e. The third-order valence-electron chi connectivity index (χ3n) is 5.17. The highest BCUT2D eigenvalue weighted by atomic mass is 19.1. The quantitative estimate of drug-likeness (QED) is 0.758. The molecule has 1 aliphatic heterocycles. The van der Waals surface area contributed by atoms with E-state index in [0.29, 0.717) is 6.54 Å². The molecule has 2 amide bonds. The van der Waals surface area contributed by atoms with E-state index in [1.54, 1.807) is 6.07 Å². The highest BCUT2D eigenvalue weighted by molar-refractivity contribution is 5.83. The van der Waals surface area contributed by atoms with Crippen LogP contribution < -0.4 is 5.32 Å². The molecule has 1 aromatic carbocycles. The summed E-state index contributed by atoms with van der Waals surface area (Å²) in [4.78, 5) is 19.8. The number of nitrogens with zero attached hydrogens (tertiary/aromatic N) is 2. The summed E-state index contributed by atoms with van der Waals surface area (Å²) < 4.78 is 13.2. The first kappa shape index (κ1) is 18.7. The molecule has 6 heteroatoms. The van der Waals surface area contributed by atoms with Crippen LogP contribution in [0.5, 0.6) is 0 Å². The number of aromatic amines is 1. The minimum atomic E-state index is -0.244. The second-order valence-electron chi connectivity index (χ2n) is 6.97. The Morgan fingerprint density at radius 1 is 1.35 bits per heavy atom. The normalized spacial score (nSPS) is 14.8. The Hall–Kier alpha value is -2.08. The van der Waals surface area contributed by atoms with Crippen molar-refractivity contribution in [2.24, 2.45) is 0 Å². The summed E-state index contributed by atoms with van der Waals surface area (Å²) in [6.07, 6.45) is 6.25. The highest BCUT2D eigenvalue weighted by Gasteiger charge is 2.14. The van der Waals surface area contributed by atoms with Crippen LogP contribution in [0.3, 0.4) is 0 Å². The van der Waals surface area contributed by atoms with E-state index < -0.39 is 0 Å². The van der Waals surface area contributed by atoms with Gasteiger partial charge in [0.25, 0.3) is 0 Å². The predicted molar refractivity (Wildman–Crippen MR) is 103 cm³/mol. The van der Waals surface area contributed by atoms with Gasteiger partial charge >= 0.3 is 6.03 Å². The monoisotopic (exact) mass is 360 g/mol. The number of hydrogen-bond donors (Lipinski definition) is 2. The molecule has 5 nitrogen and oxygen atoms in total. The average molecular weight is 360 g/mol. The van der Waals surface area contributed by atoms with Crippen LogP contribution in [-0.2, 0) is 6.42 Å². The number of halogens is 1. The van der Waals surface area contributed by atoms with Crippen molar-refractivity contribution in [3.63, 3.8) is 0 Å². The minimum absolute atomic E-state index is 0.000178. The van der Waals surface area contributed by atoms with Crippen LogP contribution in [0.1, 0.15) is 31.7 Å². The lowest BCUT2D eigenvalue weighted by Crippen LogP contribution is -2.41. The molecule has 1 fully saturated rings. The number of rotatable bonds is 8. The second-order valence-corrected chi connectivity index (χ2v) is 6.97. The van der Waals surface area contributed by atoms with Crippen molar-refractivity contribution in [1.82, 2.24) is 20.1 Å². The van der Waals surface area contributed by atoms with E-state index >= 15 is 0 Å². The summed E-state index contributed by atoms with van der Waals surface area (Å²) in [5, 5.41) is 4.02. The number of H-pyrrole nitrogens is 1. The molecule has 0 unspecified atom stereocenters. The molecule has 3 rings (SSSR count). The predicted octanol–water partition coefficient (Wildman–Crippen LogP) is 3.37. The lowest BCUT2D eigenvalue weighted by atomic mass is 10.1. The Labute approximate surface area is 154 Å². The van der Waals surface area contributed by atoms with E-state index in [-0.39, 0.29) is 11.8 Å². The van der Waals surface area contributed by atoms with Crippen molar-refractivity contribution in [1.29, 1.82) is 0 Å². The van der Waals surface area contributed by atoms with Crippen LogP contribution in [0.4, 0.5) is 9.18 Å². The van der Waals surface area contributed by atoms with Gasteiger partial charge in [-0.1, -0.05) is 0 Å². The molecule has 0 atom stereocenters. The number of carbonyl (C=O) groups is 1. The fourth-order valence-electron chi connectivity index (χ4n) is 3.68. The lowest BCUT2D eigenvalue weighted by Gasteiger charge is -2.23. The number of likely N-dealkylation sites (tertiary alicyclic amines) is 1. The van der Waals surface area contributed by atoms with Crippen LogP contribution >= 0.6 is 0 Å². The molecule has 26 heavy (non-hydrogen) atoms. The van der Waals surface area contributed by atoms with Gasteiger partial charge in [0.1, 0.15) is 5.82 Å². The summed E-state index contributed by atoms with van der Waals surface area (Å²) >= 11 is 0. The van der Waals surface area contributed by atoms with Gasteiger partial charge < -0.3 is 20.1 Å². The highest BCUT2D eigenvalue weighted by Crippen LogP contribution is 2.19. The van der Waals surface area contributed by atoms with Crippen molar-refractivity contribution in [2.45, 2.75) is 32.6 Å². The lowest BCUT2D eigenvalue weighted by molar-refractivity contribution is 0.196. The Balaban J connectivity index is 1.42. The van der Waals surface area contributed by atoms with E-state index in [9.17, 15) is 9.18 Å². The zero-order valence-corrected chi connectivity index (χ0v) is 15.6. The molecule has 142 valence electrons. The van der Waals surface area contributed by atoms with Crippen LogP contribution in [-0.4, -0.2) is 60.1 Å². The summed E-state index contributed by atoms with van der Waals surface area (Å²) in [5.74, 6) is -0.244. The first-order chi connectivity index (χ1) is 12.7. The number of hydrogen-bond acceptors (Lipinski definition) is 2. The van der Waals surface area contributed by atoms with E-state index in [1.165, 1.54) is 38.1 Å². The standard InChI is InChI=1S/C20H29FN4O/c1-2-25(13-5-12-24-10-3-4-11-24)20(26)22-9-8-16-15-23-19-14-17(21)6-7-18(16)19/h6-7,14-15,23H,2-5,8-13H2,1H3,(H,22,26). The topological polar surface area (TPSA) is 51.4 Å². The molecule has 2 aromatic rings. The zero-order chi connectivity index (χ0) is 18.4. The van der Waals surface area contributed by atoms with Gasteiger partial charge in [0, 0.05) is 36.7 Å². The average Bonchev–Trinajstić information content (AvgIpc) is 3.28. The molecule has 0 aliphatic carbocycles. The SMILES string of the molecule is CCN(CCCN1CCCC1)C(=O)NCCc1c[nH]c2cc(F)ccc12. The Morgan fingerprint density at radius 3 is 2.92 bits per heavy atom.